The minimum atomic E-state index is -0.420. The Bertz CT molecular complexity index is 1110. The Hall–Kier alpha value is -4.13. The first kappa shape index (κ1) is 24.5. The number of hydrogen-bond donors (Lipinski definition) is 1. The normalized spacial score (nSPS) is 10.6. The van der Waals surface area contributed by atoms with Crippen molar-refractivity contribution in [3.8, 4) is 17.2 Å². The zero-order valence-electron chi connectivity index (χ0n) is 19.3. The van der Waals surface area contributed by atoms with E-state index in [9.17, 15) is 9.59 Å². The van der Waals surface area contributed by atoms with Crippen molar-refractivity contribution >= 4 is 18.1 Å². The van der Waals surface area contributed by atoms with E-state index in [1.54, 1.807) is 48.5 Å². The average molecular weight is 461 g/mol. The minimum absolute atomic E-state index is 0.165. The number of hydrazone groups is 1. The molecule has 3 rings (SSSR count). The summed E-state index contributed by atoms with van der Waals surface area (Å²) in [6, 6.07) is 21.1. The van der Waals surface area contributed by atoms with E-state index in [1.807, 2.05) is 31.2 Å². The number of benzene rings is 3. The molecule has 7 nitrogen and oxygen atoms in total. The maximum atomic E-state index is 12.2. The number of esters is 1. The van der Waals surface area contributed by atoms with Crippen LogP contribution in [0, 0.1) is 6.92 Å². The highest BCUT2D eigenvalue weighted by Crippen LogP contribution is 2.18. The fourth-order valence-electron chi connectivity index (χ4n) is 2.89. The monoisotopic (exact) mass is 460 g/mol. The van der Waals surface area contributed by atoms with Crippen LogP contribution in [-0.4, -0.2) is 31.3 Å². The fraction of sp³-hybridized carbons (Fsp3) is 0.222. The zero-order valence-corrected chi connectivity index (χ0v) is 19.3. The van der Waals surface area contributed by atoms with Crippen molar-refractivity contribution in [1.82, 2.24) is 5.43 Å². The molecule has 1 amide bonds. The number of amides is 1. The molecule has 0 aliphatic rings. The van der Waals surface area contributed by atoms with Crippen LogP contribution in [0.15, 0.2) is 77.9 Å². The fourth-order valence-corrected chi connectivity index (χ4v) is 2.89. The van der Waals surface area contributed by atoms with Gasteiger partial charge in [0.1, 0.15) is 17.2 Å². The molecule has 0 spiro atoms. The number of carbonyl (C=O) groups excluding carboxylic acids is 2. The molecule has 7 heteroatoms. The van der Waals surface area contributed by atoms with Gasteiger partial charge in [-0.2, -0.15) is 5.10 Å². The van der Waals surface area contributed by atoms with Crippen molar-refractivity contribution in [1.29, 1.82) is 0 Å². The van der Waals surface area contributed by atoms with Crippen LogP contribution in [0.2, 0.25) is 0 Å². The number of rotatable bonds is 11. The smallest absolute Gasteiger partial charge is 0.343 e. The van der Waals surface area contributed by atoms with Crippen LogP contribution in [0.5, 0.6) is 17.2 Å². The second-order valence-electron chi connectivity index (χ2n) is 7.58. The molecule has 0 aliphatic carbocycles. The minimum Gasteiger partial charge on any atom is -0.494 e. The van der Waals surface area contributed by atoms with Crippen LogP contribution in [0.1, 0.15) is 41.3 Å². The van der Waals surface area contributed by atoms with Crippen LogP contribution in [0.4, 0.5) is 0 Å². The topological polar surface area (TPSA) is 86.2 Å². The van der Waals surface area contributed by atoms with Crippen molar-refractivity contribution in [2.24, 2.45) is 5.10 Å². The van der Waals surface area contributed by atoms with Crippen molar-refractivity contribution in [2.45, 2.75) is 26.7 Å². The second-order valence-corrected chi connectivity index (χ2v) is 7.58. The number of aryl methyl sites for hydroxylation is 1. The van der Waals surface area contributed by atoms with Gasteiger partial charge in [0, 0.05) is 0 Å². The molecule has 34 heavy (non-hydrogen) atoms. The molecule has 0 saturated carbocycles. The van der Waals surface area contributed by atoms with Crippen molar-refractivity contribution in [2.75, 3.05) is 13.2 Å². The molecular weight excluding hydrogens is 432 g/mol. The van der Waals surface area contributed by atoms with E-state index >= 15 is 0 Å². The first-order chi connectivity index (χ1) is 16.5. The SMILES string of the molecule is CCCCOc1ccc(OCC(=O)NN=Cc2ccc(OC(=O)c3cccc(C)c3)cc2)cc1. The standard InChI is InChI=1S/C27H28N2O5/c1-3-4-16-32-23-12-14-24(15-13-23)33-19-26(30)29-28-18-21-8-10-25(11-9-21)34-27(31)22-7-5-6-20(2)17-22/h5-15,17-18H,3-4,16,19H2,1-2H3,(H,29,30). The quantitative estimate of drug-likeness (QED) is 0.144. The lowest BCUT2D eigenvalue weighted by atomic mass is 10.1. The molecule has 0 radical (unpaired) electrons. The maximum Gasteiger partial charge on any atom is 0.343 e. The molecule has 0 aromatic heterocycles. The lowest BCUT2D eigenvalue weighted by Gasteiger charge is -2.08. The summed E-state index contributed by atoms with van der Waals surface area (Å²) in [7, 11) is 0. The van der Waals surface area contributed by atoms with Gasteiger partial charge in [0.2, 0.25) is 0 Å². The van der Waals surface area contributed by atoms with Gasteiger partial charge in [0.05, 0.1) is 18.4 Å². The molecule has 3 aromatic rings. The highest BCUT2D eigenvalue weighted by atomic mass is 16.5. The Balaban J connectivity index is 1.40. The lowest BCUT2D eigenvalue weighted by molar-refractivity contribution is -0.123. The number of nitrogens with zero attached hydrogens (tertiary/aromatic N) is 1. The maximum absolute atomic E-state index is 12.2. The summed E-state index contributed by atoms with van der Waals surface area (Å²) in [5.41, 5.74) is 4.63. The Morgan fingerprint density at radius 1 is 0.912 bits per heavy atom. The predicted octanol–water partition coefficient (Wildman–Crippen LogP) is 4.92. The summed E-state index contributed by atoms with van der Waals surface area (Å²) in [6.07, 6.45) is 3.57. The van der Waals surface area contributed by atoms with Crippen LogP contribution in [0.3, 0.4) is 0 Å². The molecule has 0 bridgehead atoms. The largest absolute Gasteiger partial charge is 0.494 e. The van der Waals surface area contributed by atoms with Gasteiger partial charge in [0.25, 0.3) is 5.91 Å². The third-order valence-corrected chi connectivity index (χ3v) is 4.71. The first-order valence-electron chi connectivity index (χ1n) is 11.1. The zero-order chi connectivity index (χ0) is 24.2. The van der Waals surface area contributed by atoms with E-state index in [-0.39, 0.29) is 12.5 Å². The second kappa shape index (κ2) is 12.8. The van der Waals surface area contributed by atoms with Crippen LogP contribution < -0.4 is 19.6 Å². The summed E-state index contributed by atoms with van der Waals surface area (Å²) < 4.78 is 16.4. The Kier molecular flexibility index (Phi) is 9.22. The number of ether oxygens (including phenoxy) is 3. The summed E-state index contributed by atoms with van der Waals surface area (Å²) in [5.74, 6) is 0.950. The van der Waals surface area contributed by atoms with Crippen molar-refractivity contribution in [3.63, 3.8) is 0 Å². The van der Waals surface area contributed by atoms with E-state index < -0.39 is 5.97 Å². The first-order valence-corrected chi connectivity index (χ1v) is 11.1. The van der Waals surface area contributed by atoms with Gasteiger partial charge in [0.15, 0.2) is 6.61 Å². The summed E-state index contributed by atoms with van der Waals surface area (Å²) >= 11 is 0. The Morgan fingerprint density at radius 2 is 1.59 bits per heavy atom. The molecule has 0 atom stereocenters. The molecule has 0 heterocycles. The van der Waals surface area contributed by atoms with E-state index in [0.29, 0.717) is 23.7 Å². The van der Waals surface area contributed by atoms with Crippen LogP contribution in [-0.2, 0) is 4.79 Å². The van der Waals surface area contributed by atoms with Crippen LogP contribution >= 0.6 is 0 Å². The van der Waals surface area contributed by atoms with Gasteiger partial charge in [-0.15, -0.1) is 0 Å². The molecule has 0 unspecified atom stereocenters. The molecule has 0 saturated heterocycles. The van der Waals surface area contributed by atoms with Crippen molar-refractivity contribution < 1.29 is 23.8 Å². The molecular formula is C27H28N2O5. The summed E-state index contributed by atoms with van der Waals surface area (Å²) in [5, 5.41) is 3.93. The Labute approximate surface area is 199 Å². The summed E-state index contributed by atoms with van der Waals surface area (Å²) in [6.45, 7) is 4.54. The summed E-state index contributed by atoms with van der Waals surface area (Å²) in [4.78, 5) is 24.2. The van der Waals surface area contributed by atoms with E-state index in [2.05, 4.69) is 17.5 Å². The average Bonchev–Trinajstić information content (AvgIpc) is 2.85. The number of unbranched alkanes of at least 4 members (excludes halogenated alkanes) is 1. The molecule has 176 valence electrons. The van der Waals surface area contributed by atoms with E-state index in [1.165, 1.54) is 6.21 Å². The molecule has 0 fully saturated rings. The van der Waals surface area contributed by atoms with Gasteiger partial charge < -0.3 is 14.2 Å². The third kappa shape index (κ3) is 8.09. The predicted molar refractivity (Wildman–Crippen MR) is 131 cm³/mol. The van der Waals surface area contributed by atoms with E-state index in [0.717, 1.165) is 29.7 Å². The van der Waals surface area contributed by atoms with Crippen LogP contribution in [0.25, 0.3) is 0 Å². The number of carbonyl (C=O) groups is 2. The highest BCUT2D eigenvalue weighted by Gasteiger charge is 2.08. The van der Waals surface area contributed by atoms with Gasteiger partial charge >= 0.3 is 5.97 Å². The molecule has 0 aliphatic heterocycles. The molecule has 3 aromatic carbocycles. The third-order valence-electron chi connectivity index (χ3n) is 4.71. The molecule has 1 N–H and O–H groups in total. The van der Waals surface area contributed by atoms with Gasteiger partial charge in [-0.1, -0.05) is 31.0 Å². The lowest BCUT2D eigenvalue weighted by Crippen LogP contribution is -2.24. The van der Waals surface area contributed by atoms with Crippen molar-refractivity contribution in [3.05, 3.63) is 89.5 Å². The van der Waals surface area contributed by atoms with Gasteiger partial charge in [-0.05, 0) is 79.6 Å². The number of hydrogen-bond acceptors (Lipinski definition) is 6. The Morgan fingerprint density at radius 3 is 2.26 bits per heavy atom. The number of nitrogens with one attached hydrogen (secondary N) is 1. The van der Waals surface area contributed by atoms with Gasteiger partial charge in [-0.25, -0.2) is 10.2 Å². The van der Waals surface area contributed by atoms with E-state index in [4.69, 9.17) is 14.2 Å². The highest BCUT2D eigenvalue weighted by molar-refractivity contribution is 5.91. The van der Waals surface area contributed by atoms with Gasteiger partial charge in [-0.3, -0.25) is 4.79 Å².